The number of hydrogen-bond donors (Lipinski definition) is 0. The Morgan fingerprint density at radius 3 is 2.00 bits per heavy atom. The predicted molar refractivity (Wildman–Crippen MR) is 87.1 cm³/mol. The maximum atomic E-state index is 2.30. The quantitative estimate of drug-likeness (QED) is 0.322. The van der Waals surface area contributed by atoms with Crippen LogP contribution in [0.15, 0.2) is 59.5 Å². The highest BCUT2D eigenvalue weighted by atomic mass is 32.2. The van der Waals surface area contributed by atoms with E-state index in [1.54, 1.807) is 0 Å². The van der Waals surface area contributed by atoms with Crippen molar-refractivity contribution in [1.29, 1.82) is 0 Å². The Hall–Kier alpha value is -1.47. The van der Waals surface area contributed by atoms with Gasteiger partial charge in [-0.1, -0.05) is 61.9 Å². The molecule has 3 aromatic carbocycles. The smallest absolute Gasteiger partial charge is 0.0229 e. The molecule has 0 amide bonds. The summed E-state index contributed by atoms with van der Waals surface area (Å²) in [7, 11) is 0. The first-order valence-electron chi connectivity index (χ1n) is 6.93. The van der Waals surface area contributed by atoms with Gasteiger partial charge in [-0.3, -0.25) is 0 Å². The zero-order valence-electron chi connectivity index (χ0n) is 11.2. The Balaban J connectivity index is 2.21. The van der Waals surface area contributed by atoms with Crippen LogP contribution in [-0.4, -0.2) is 5.75 Å². The van der Waals surface area contributed by atoms with Gasteiger partial charge in [-0.15, -0.1) is 11.8 Å². The molecule has 3 aromatic rings. The third kappa shape index (κ3) is 2.48. The molecule has 0 radical (unpaired) electrons. The van der Waals surface area contributed by atoms with Gasteiger partial charge < -0.3 is 0 Å². The first-order valence-corrected chi connectivity index (χ1v) is 7.92. The number of unbranched alkanes of at least 4 members (excludes halogenated alkanes) is 1. The number of hydrogen-bond acceptors (Lipinski definition) is 1. The second-order valence-corrected chi connectivity index (χ2v) is 5.96. The van der Waals surface area contributed by atoms with Gasteiger partial charge in [-0.25, -0.2) is 0 Å². The lowest BCUT2D eigenvalue weighted by Gasteiger charge is -2.10. The van der Waals surface area contributed by atoms with Gasteiger partial charge in [0.15, 0.2) is 0 Å². The normalized spacial score (nSPS) is 11.2. The number of rotatable bonds is 4. The molecule has 0 aliphatic heterocycles. The zero-order chi connectivity index (χ0) is 13.1. The largest absolute Gasteiger partial charge is 0.125 e. The summed E-state index contributed by atoms with van der Waals surface area (Å²) >= 11 is 2.00. The van der Waals surface area contributed by atoms with Crippen LogP contribution in [0.5, 0.6) is 0 Å². The zero-order valence-corrected chi connectivity index (χ0v) is 12.0. The average Bonchev–Trinajstić information content (AvgIpc) is 2.46. The Kier molecular flexibility index (Phi) is 3.74. The topological polar surface area (TPSA) is 0 Å². The van der Waals surface area contributed by atoms with Gasteiger partial charge in [0.05, 0.1) is 0 Å². The second-order valence-electron chi connectivity index (χ2n) is 4.85. The molecule has 0 saturated heterocycles. The third-order valence-corrected chi connectivity index (χ3v) is 4.69. The molecule has 0 unspecified atom stereocenters. The molecule has 3 rings (SSSR count). The van der Waals surface area contributed by atoms with E-state index in [0.29, 0.717) is 0 Å². The fourth-order valence-corrected chi connectivity index (χ4v) is 3.77. The Morgan fingerprint density at radius 2 is 1.42 bits per heavy atom. The van der Waals surface area contributed by atoms with Gasteiger partial charge in [0, 0.05) is 4.90 Å². The molecule has 1 heteroatoms. The lowest BCUT2D eigenvalue weighted by molar-refractivity contribution is 0.896. The lowest BCUT2D eigenvalue weighted by Crippen LogP contribution is -1.84. The summed E-state index contributed by atoms with van der Waals surface area (Å²) in [5.74, 6) is 1.20. The molecule has 96 valence electrons. The van der Waals surface area contributed by atoms with Gasteiger partial charge in [0.25, 0.3) is 0 Å². The van der Waals surface area contributed by atoms with Crippen molar-refractivity contribution in [3.05, 3.63) is 54.6 Å². The van der Waals surface area contributed by atoms with E-state index >= 15 is 0 Å². The van der Waals surface area contributed by atoms with Gasteiger partial charge in [-0.05, 0) is 39.8 Å². The van der Waals surface area contributed by atoms with Crippen molar-refractivity contribution < 1.29 is 0 Å². The van der Waals surface area contributed by atoms with Crippen molar-refractivity contribution in [3.63, 3.8) is 0 Å². The lowest BCUT2D eigenvalue weighted by atomic mass is 10.0. The van der Waals surface area contributed by atoms with Crippen LogP contribution < -0.4 is 0 Å². The number of thioether (sulfide) groups is 1. The molecule has 0 spiro atoms. The van der Waals surface area contributed by atoms with Crippen LogP contribution >= 0.6 is 11.8 Å². The minimum Gasteiger partial charge on any atom is -0.125 e. The van der Waals surface area contributed by atoms with Crippen LogP contribution in [-0.2, 0) is 0 Å². The Bertz CT molecular complexity index is 646. The standard InChI is InChI=1S/C18H18S/c1-2-3-12-19-18-16-10-6-4-8-14(16)13-15-9-5-7-11-17(15)18/h4-11,13H,2-3,12H2,1H3. The summed E-state index contributed by atoms with van der Waals surface area (Å²) in [6, 6.07) is 19.7. The van der Waals surface area contributed by atoms with E-state index in [1.165, 1.54) is 45.0 Å². The first kappa shape index (κ1) is 12.6. The van der Waals surface area contributed by atoms with E-state index in [2.05, 4.69) is 61.5 Å². The van der Waals surface area contributed by atoms with E-state index in [-0.39, 0.29) is 0 Å². The van der Waals surface area contributed by atoms with Gasteiger partial charge in [0.2, 0.25) is 0 Å². The molecule has 0 bridgehead atoms. The monoisotopic (exact) mass is 266 g/mol. The maximum Gasteiger partial charge on any atom is 0.0229 e. The highest BCUT2D eigenvalue weighted by Gasteiger charge is 2.07. The fraction of sp³-hybridized carbons (Fsp3) is 0.222. The molecule has 0 nitrogen and oxygen atoms in total. The van der Waals surface area contributed by atoms with Crippen LogP contribution in [0.25, 0.3) is 21.5 Å². The minimum absolute atomic E-state index is 1.20. The van der Waals surface area contributed by atoms with Gasteiger partial charge >= 0.3 is 0 Å². The summed E-state index contributed by atoms with van der Waals surface area (Å²) in [6.45, 7) is 2.25. The SMILES string of the molecule is CCCCSc1c2ccccc2cc2ccccc12. The molecule has 0 aliphatic carbocycles. The van der Waals surface area contributed by atoms with E-state index in [4.69, 9.17) is 0 Å². The van der Waals surface area contributed by atoms with Crippen molar-refractivity contribution in [2.45, 2.75) is 24.7 Å². The van der Waals surface area contributed by atoms with Gasteiger partial charge in [-0.2, -0.15) is 0 Å². The highest BCUT2D eigenvalue weighted by Crippen LogP contribution is 2.35. The Labute approximate surface area is 118 Å². The summed E-state index contributed by atoms with van der Waals surface area (Å²) < 4.78 is 0. The molecular weight excluding hydrogens is 248 g/mol. The predicted octanol–water partition coefficient (Wildman–Crippen LogP) is 5.89. The van der Waals surface area contributed by atoms with Crippen LogP contribution in [0.3, 0.4) is 0 Å². The molecule has 0 aromatic heterocycles. The number of benzene rings is 3. The maximum absolute atomic E-state index is 2.30. The summed E-state index contributed by atoms with van der Waals surface area (Å²) in [4.78, 5) is 1.45. The van der Waals surface area contributed by atoms with E-state index in [1.807, 2.05) is 11.8 Å². The van der Waals surface area contributed by atoms with Crippen molar-refractivity contribution in [2.75, 3.05) is 5.75 Å². The molecule has 0 heterocycles. The molecule has 0 N–H and O–H groups in total. The fourth-order valence-electron chi connectivity index (χ4n) is 2.45. The Morgan fingerprint density at radius 1 is 0.842 bits per heavy atom. The van der Waals surface area contributed by atoms with Gasteiger partial charge in [0.1, 0.15) is 0 Å². The van der Waals surface area contributed by atoms with E-state index in [9.17, 15) is 0 Å². The molecule has 0 fully saturated rings. The molecule has 19 heavy (non-hydrogen) atoms. The average molecular weight is 266 g/mol. The second kappa shape index (κ2) is 5.66. The van der Waals surface area contributed by atoms with Crippen molar-refractivity contribution in [3.8, 4) is 0 Å². The van der Waals surface area contributed by atoms with Crippen LogP contribution in [0.1, 0.15) is 19.8 Å². The molecular formula is C18H18S. The summed E-state index contributed by atoms with van der Waals surface area (Å²) in [6.07, 6.45) is 2.54. The van der Waals surface area contributed by atoms with Crippen LogP contribution in [0, 0.1) is 0 Å². The van der Waals surface area contributed by atoms with Crippen molar-refractivity contribution in [1.82, 2.24) is 0 Å². The first-order chi connectivity index (χ1) is 9.40. The van der Waals surface area contributed by atoms with Crippen LogP contribution in [0.4, 0.5) is 0 Å². The third-order valence-electron chi connectivity index (χ3n) is 3.47. The van der Waals surface area contributed by atoms with Crippen LogP contribution in [0.2, 0.25) is 0 Å². The molecule has 0 saturated carbocycles. The summed E-state index contributed by atoms with van der Waals surface area (Å²) in [5, 5.41) is 5.48. The van der Waals surface area contributed by atoms with E-state index < -0.39 is 0 Å². The van der Waals surface area contributed by atoms with Crippen molar-refractivity contribution >= 4 is 33.3 Å². The summed E-state index contributed by atoms with van der Waals surface area (Å²) in [5.41, 5.74) is 0. The van der Waals surface area contributed by atoms with E-state index in [0.717, 1.165) is 0 Å². The minimum atomic E-state index is 1.20. The van der Waals surface area contributed by atoms with Crippen molar-refractivity contribution in [2.24, 2.45) is 0 Å². The molecule has 0 aliphatic rings. The number of fused-ring (bicyclic) bond motifs is 2. The molecule has 0 atom stereocenters. The highest BCUT2D eigenvalue weighted by molar-refractivity contribution is 7.99.